The number of carbonyl (C=O) groups excluding carboxylic acids is 2. The normalized spacial score (nSPS) is 12.6. The molecule has 6 heteroatoms. The first-order valence-corrected chi connectivity index (χ1v) is 6.70. The molecule has 0 aliphatic rings. The Morgan fingerprint density at radius 1 is 1.21 bits per heavy atom. The van der Waals surface area contributed by atoms with E-state index in [2.05, 4.69) is 5.32 Å². The summed E-state index contributed by atoms with van der Waals surface area (Å²) in [7, 11) is 1.78. The molecule has 2 amide bonds. The number of rotatable bonds is 8. The Labute approximate surface area is 115 Å². The number of aliphatic hydroxyl groups excluding tert-OH is 1. The molecule has 0 aromatic rings. The fourth-order valence-corrected chi connectivity index (χ4v) is 1.53. The maximum Gasteiger partial charge on any atom is 0.239 e. The van der Waals surface area contributed by atoms with E-state index in [4.69, 9.17) is 5.11 Å². The van der Waals surface area contributed by atoms with E-state index in [1.807, 2.05) is 27.7 Å². The molecule has 0 aliphatic heterocycles. The molecule has 0 saturated carbocycles. The summed E-state index contributed by atoms with van der Waals surface area (Å²) in [5.41, 5.74) is 0. The Morgan fingerprint density at radius 2 is 1.79 bits per heavy atom. The smallest absolute Gasteiger partial charge is 0.239 e. The van der Waals surface area contributed by atoms with Gasteiger partial charge in [-0.25, -0.2) is 0 Å². The van der Waals surface area contributed by atoms with Gasteiger partial charge in [-0.15, -0.1) is 0 Å². The van der Waals surface area contributed by atoms with Crippen LogP contribution in [-0.2, 0) is 9.59 Å². The number of nitrogens with zero attached hydrogens (tertiary/aromatic N) is 2. The van der Waals surface area contributed by atoms with Crippen molar-refractivity contribution in [3.8, 4) is 0 Å². The lowest BCUT2D eigenvalue weighted by Crippen LogP contribution is -2.47. The highest BCUT2D eigenvalue weighted by atomic mass is 16.3. The van der Waals surface area contributed by atoms with Gasteiger partial charge in [0.1, 0.15) is 0 Å². The quantitative estimate of drug-likeness (QED) is 0.635. The molecule has 0 radical (unpaired) electrons. The van der Waals surface area contributed by atoms with E-state index in [-0.39, 0.29) is 43.6 Å². The first kappa shape index (κ1) is 17.9. The molecule has 0 rings (SSSR count). The highest BCUT2D eigenvalue weighted by Gasteiger charge is 2.19. The molecule has 19 heavy (non-hydrogen) atoms. The number of amides is 2. The van der Waals surface area contributed by atoms with Crippen LogP contribution in [0.5, 0.6) is 0 Å². The van der Waals surface area contributed by atoms with Crippen molar-refractivity contribution in [2.45, 2.75) is 39.8 Å². The molecule has 0 bridgehead atoms. The Hall–Kier alpha value is -1.14. The summed E-state index contributed by atoms with van der Waals surface area (Å²) < 4.78 is 0. The molecule has 0 aliphatic carbocycles. The monoisotopic (exact) mass is 273 g/mol. The van der Waals surface area contributed by atoms with Gasteiger partial charge >= 0.3 is 0 Å². The van der Waals surface area contributed by atoms with Gasteiger partial charge < -0.3 is 15.3 Å². The van der Waals surface area contributed by atoms with Gasteiger partial charge in [-0.1, -0.05) is 0 Å². The van der Waals surface area contributed by atoms with E-state index < -0.39 is 0 Å². The Morgan fingerprint density at radius 3 is 2.21 bits per heavy atom. The lowest BCUT2D eigenvalue weighted by atomic mass is 10.3. The van der Waals surface area contributed by atoms with Crippen molar-refractivity contribution in [2.75, 3.05) is 33.3 Å². The molecule has 112 valence electrons. The van der Waals surface area contributed by atoms with Crippen LogP contribution in [0.15, 0.2) is 0 Å². The van der Waals surface area contributed by atoms with E-state index >= 15 is 0 Å². The maximum atomic E-state index is 12.0. The summed E-state index contributed by atoms with van der Waals surface area (Å²) in [6, 6.07) is -0.00876. The van der Waals surface area contributed by atoms with Gasteiger partial charge in [-0.2, -0.15) is 0 Å². The predicted octanol–water partition coefficient (Wildman–Crippen LogP) is -0.328. The second kappa shape index (κ2) is 8.87. The van der Waals surface area contributed by atoms with Crippen molar-refractivity contribution in [3.05, 3.63) is 0 Å². The minimum absolute atomic E-state index is 0.00371. The molecule has 0 fully saturated rings. The van der Waals surface area contributed by atoms with Crippen LogP contribution in [0.2, 0.25) is 0 Å². The van der Waals surface area contributed by atoms with E-state index in [0.717, 1.165) is 0 Å². The second-order valence-corrected chi connectivity index (χ2v) is 5.08. The van der Waals surface area contributed by atoms with Crippen molar-refractivity contribution in [2.24, 2.45) is 0 Å². The van der Waals surface area contributed by atoms with Crippen molar-refractivity contribution in [3.63, 3.8) is 0 Å². The Bertz CT molecular complexity index is 295. The predicted molar refractivity (Wildman–Crippen MR) is 74.7 cm³/mol. The summed E-state index contributed by atoms with van der Waals surface area (Å²) in [5, 5.41) is 11.8. The van der Waals surface area contributed by atoms with Gasteiger partial charge in [0.15, 0.2) is 0 Å². The zero-order chi connectivity index (χ0) is 15.0. The third-order valence-electron chi connectivity index (χ3n) is 2.92. The first-order chi connectivity index (χ1) is 8.81. The summed E-state index contributed by atoms with van der Waals surface area (Å²) in [6.07, 6.45) is 0. The first-order valence-electron chi connectivity index (χ1n) is 6.70. The van der Waals surface area contributed by atoms with Gasteiger partial charge in [0.05, 0.1) is 19.7 Å². The van der Waals surface area contributed by atoms with Crippen molar-refractivity contribution in [1.82, 2.24) is 15.1 Å². The molecule has 0 saturated heterocycles. The average molecular weight is 273 g/mol. The Kier molecular flexibility index (Phi) is 8.34. The summed E-state index contributed by atoms with van der Waals surface area (Å²) >= 11 is 0. The average Bonchev–Trinajstić information content (AvgIpc) is 2.33. The molecule has 6 nitrogen and oxygen atoms in total. The zero-order valence-corrected chi connectivity index (χ0v) is 12.6. The number of aliphatic hydroxyl groups is 1. The van der Waals surface area contributed by atoms with Crippen LogP contribution >= 0.6 is 0 Å². The molecule has 1 atom stereocenters. The number of likely N-dealkylation sites (N-methyl/N-ethyl adjacent to an activating group) is 2. The van der Waals surface area contributed by atoms with E-state index in [1.165, 1.54) is 4.90 Å². The van der Waals surface area contributed by atoms with Crippen molar-refractivity contribution < 1.29 is 14.7 Å². The van der Waals surface area contributed by atoms with Crippen LogP contribution in [0.25, 0.3) is 0 Å². The van der Waals surface area contributed by atoms with E-state index in [1.54, 1.807) is 11.9 Å². The van der Waals surface area contributed by atoms with Gasteiger partial charge in [-0.05, 0) is 34.7 Å². The van der Waals surface area contributed by atoms with E-state index in [0.29, 0.717) is 6.54 Å². The summed E-state index contributed by atoms with van der Waals surface area (Å²) in [6.45, 7) is 8.22. The van der Waals surface area contributed by atoms with Crippen LogP contribution in [0.4, 0.5) is 0 Å². The molecular weight excluding hydrogens is 246 g/mol. The van der Waals surface area contributed by atoms with Gasteiger partial charge in [0, 0.05) is 18.6 Å². The minimum atomic E-state index is -0.150. The molecule has 1 unspecified atom stereocenters. The van der Waals surface area contributed by atoms with Crippen LogP contribution in [0.3, 0.4) is 0 Å². The minimum Gasteiger partial charge on any atom is -0.395 e. The van der Waals surface area contributed by atoms with Gasteiger partial charge in [0.25, 0.3) is 0 Å². The fraction of sp³-hybridized carbons (Fsp3) is 0.846. The SMILES string of the molecule is CCN(CC(=O)NC(C)C)C(=O)CN(C)C(C)CO. The van der Waals surface area contributed by atoms with Crippen molar-refractivity contribution >= 4 is 11.8 Å². The number of hydrogen-bond donors (Lipinski definition) is 2. The fourth-order valence-electron chi connectivity index (χ4n) is 1.53. The second-order valence-electron chi connectivity index (χ2n) is 5.08. The third-order valence-corrected chi connectivity index (χ3v) is 2.92. The van der Waals surface area contributed by atoms with Crippen LogP contribution < -0.4 is 5.32 Å². The summed E-state index contributed by atoms with van der Waals surface area (Å²) in [5.74, 6) is -0.257. The molecule has 0 heterocycles. The zero-order valence-electron chi connectivity index (χ0n) is 12.6. The molecule has 0 aromatic heterocycles. The highest BCUT2D eigenvalue weighted by molar-refractivity contribution is 5.85. The highest BCUT2D eigenvalue weighted by Crippen LogP contribution is 1.98. The largest absolute Gasteiger partial charge is 0.395 e. The lowest BCUT2D eigenvalue weighted by Gasteiger charge is -2.27. The Balaban J connectivity index is 4.36. The number of carbonyl (C=O) groups is 2. The third kappa shape index (κ3) is 7.12. The van der Waals surface area contributed by atoms with Gasteiger partial charge in [0.2, 0.25) is 11.8 Å². The standard InChI is InChI=1S/C13H27N3O3/c1-6-16(7-12(18)14-10(2)3)13(19)8-15(5)11(4)9-17/h10-11,17H,6-9H2,1-5H3,(H,14,18). The van der Waals surface area contributed by atoms with E-state index in [9.17, 15) is 9.59 Å². The van der Waals surface area contributed by atoms with Crippen LogP contribution in [0.1, 0.15) is 27.7 Å². The molecule has 0 aromatic carbocycles. The maximum absolute atomic E-state index is 12.0. The number of nitrogens with one attached hydrogen (secondary N) is 1. The van der Waals surface area contributed by atoms with Crippen LogP contribution in [0, 0.1) is 0 Å². The lowest BCUT2D eigenvalue weighted by molar-refractivity contribution is -0.137. The van der Waals surface area contributed by atoms with Crippen molar-refractivity contribution in [1.29, 1.82) is 0 Å². The molecule has 2 N–H and O–H groups in total. The topological polar surface area (TPSA) is 72.9 Å². The molecule has 0 spiro atoms. The molecular formula is C13H27N3O3. The number of hydrogen-bond acceptors (Lipinski definition) is 4. The van der Waals surface area contributed by atoms with Crippen LogP contribution in [-0.4, -0.2) is 72.1 Å². The van der Waals surface area contributed by atoms with Gasteiger partial charge in [-0.3, -0.25) is 14.5 Å². The summed E-state index contributed by atoms with van der Waals surface area (Å²) in [4.78, 5) is 27.0.